The van der Waals surface area contributed by atoms with Gasteiger partial charge in [-0.3, -0.25) is 4.90 Å². The van der Waals surface area contributed by atoms with Crippen molar-refractivity contribution in [2.45, 2.75) is 51.2 Å². The van der Waals surface area contributed by atoms with E-state index in [4.69, 9.17) is 4.74 Å². The first-order valence-electron chi connectivity index (χ1n) is 5.72. The summed E-state index contributed by atoms with van der Waals surface area (Å²) in [5.41, 5.74) is 0. The summed E-state index contributed by atoms with van der Waals surface area (Å²) in [6.07, 6.45) is 7.64. The zero-order valence-electron chi connectivity index (χ0n) is 8.67. The van der Waals surface area contributed by atoms with E-state index in [1.165, 1.54) is 32.1 Å². The predicted octanol–water partition coefficient (Wildman–Crippen LogP) is 2.04. The molecule has 13 heavy (non-hydrogen) atoms. The molecule has 1 aliphatic heterocycles. The van der Waals surface area contributed by atoms with Gasteiger partial charge >= 0.3 is 0 Å². The maximum Gasteiger partial charge on any atom is 0.0674 e. The molecule has 1 atom stereocenters. The van der Waals surface area contributed by atoms with Crippen LogP contribution in [0.2, 0.25) is 0 Å². The number of rotatable bonds is 1. The summed E-state index contributed by atoms with van der Waals surface area (Å²) in [6, 6.07) is 0.875. The summed E-state index contributed by atoms with van der Waals surface area (Å²) in [7, 11) is 0. The molecule has 0 aromatic carbocycles. The van der Waals surface area contributed by atoms with Crippen molar-refractivity contribution in [3.05, 3.63) is 0 Å². The second-order valence-electron chi connectivity index (χ2n) is 4.47. The Labute approximate surface area is 81.3 Å². The molecule has 1 saturated heterocycles. The highest BCUT2D eigenvalue weighted by Gasteiger charge is 2.25. The van der Waals surface area contributed by atoms with Crippen molar-refractivity contribution in [1.82, 2.24) is 4.90 Å². The van der Waals surface area contributed by atoms with E-state index in [0.29, 0.717) is 6.10 Å². The van der Waals surface area contributed by atoms with E-state index in [9.17, 15) is 0 Å². The molecule has 0 aromatic rings. The van der Waals surface area contributed by atoms with Gasteiger partial charge in [0.15, 0.2) is 0 Å². The Morgan fingerprint density at radius 3 is 2.62 bits per heavy atom. The van der Waals surface area contributed by atoms with Crippen LogP contribution >= 0.6 is 0 Å². The summed E-state index contributed by atoms with van der Waals surface area (Å²) in [5, 5.41) is 0. The van der Waals surface area contributed by atoms with Crippen molar-refractivity contribution in [3.8, 4) is 0 Å². The van der Waals surface area contributed by atoms with Gasteiger partial charge in [0, 0.05) is 19.1 Å². The van der Waals surface area contributed by atoms with Crippen molar-refractivity contribution < 1.29 is 4.74 Å². The number of morpholine rings is 1. The summed E-state index contributed by atoms with van der Waals surface area (Å²) >= 11 is 0. The lowest BCUT2D eigenvalue weighted by Crippen LogP contribution is -2.47. The monoisotopic (exact) mass is 183 g/mol. The van der Waals surface area contributed by atoms with Crippen LogP contribution in [0.3, 0.4) is 0 Å². The second-order valence-corrected chi connectivity index (χ2v) is 4.47. The predicted molar refractivity (Wildman–Crippen MR) is 53.9 cm³/mol. The normalized spacial score (nSPS) is 33.5. The third kappa shape index (κ3) is 2.44. The van der Waals surface area contributed by atoms with Gasteiger partial charge in [0.1, 0.15) is 0 Å². The largest absolute Gasteiger partial charge is 0.376 e. The first-order valence-corrected chi connectivity index (χ1v) is 5.72. The van der Waals surface area contributed by atoms with E-state index < -0.39 is 0 Å². The molecule has 1 aliphatic carbocycles. The number of ether oxygens (including phenoxy) is 1. The van der Waals surface area contributed by atoms with Crippen LogP contribution < -0.4 is 0 Å². The summed E-state index contributed by atoms with van der Waals surface area (Å²) in [6.45, 7) is 5.45. The number of hydrogen-bond acceptors (Lipinski definition) is 2. The van der Waals surface area contributed by atoms with Crippen LogP contribution in [0.15, 0.2) is 0 Å². The topological polar surface area (TPSA) is 12.5 Å². The smallest absolute Gasteiger partial charge is 0.0674 e. The van der Waals surface area contributed by atoms with Gasteiger partial charge in [-0.15, -0.1) is 0 Å². The van der Waals surface area contributed by atoms with Gasteiger partial charge in [0.05, 0.1) is 12.7 Å². The van der Waals surface area contributed by atoms with Crippen LogP contribution in [-0.2, 0) is 4.74 Å². The standard InChI is InChI=1S/C11H21NO/c1-10-9-12(7-8-13-10)11-5-3-2-4-6-11/h10-11H,2-9H2,1H3/t10-/m0/s1. The Hall–Kier alpha value is -0.0800. The zero-order valence-corrected chi connectivity index (χ0v) is 8.67. The number of nitrogens with zero attached hydrogens (tertiary/aromatic N) is 1. The average molecular weight is 183 g/mol. The maximum atomic E-state index is 5.56. The molecule has 0 aromatic heterocycles. The molecule has 0 bridgehead atoms. The number of hydrogen-bond donors (Lipinski definition) is 0. The highest BCUT2D eigenvalue weighted by atomic mass is 16.5. The third-order valence-corrected chi connectivity index (χ3v) is 3.36. The highest BCUT2D eigenvalue weighted by Crippen LogP contribution is 2.23. The minimum Gasteiger partial charge on any atom is -0.376 e. The Morgan fingerprint density at radius 1 is 1.15 bits per heavy atom. The molecule has 0 N–H and O–H groups in total. The minimum atomic E-state index is 0.454. The van der Waals surface area contributed by atoms with Crippen molar-refractivity contribution in [2.24, 2.45) is 0 Å². The lowest BCUT2D eigenvalue weighted by Gasteiger charge is -2.39. The lowest BCUT2D eigenvalue weighted by atomic mass is 9.94. The molecule has 1 saturated carbocycles. The SMILES string of the molecule is C[C@H]1CN(C2CCCCC2)CCO1. The van der Waals surface area contributed by atoms with Gasteiger partial charge in [-0.25, -0.2) is 0 Å². The Kier molecular flexibility index (Phi) is 3.23. The maximum absolute atomic E-state index is 5.56. The van der Waals surface area contributed by atoms with Crippen LogP contribution in [0.5, 0.6) is 0 Å². The molecule has 2 fully saturated rings. The van der Waals surface area contributed by atoms with Crippen molar-refractivity contribution in [3.63, 3.8) is 0 Å². The minimum absolute atomic E-state index is 0.454. The van der Waals surface area contributed by atoms with Crippen LogP contribution in [0.4, 0.5) is 0 Å². The summed E-state index contributed by atoms with van der Waals surface area (Å²) < 4.78 is 5.56. The molecule has 2 aliphatic rings. The van der Waals surface area contributed by atoms with Gasteiger partial charge in [-0.2, -0.15) is 0 Å². The molecular formula is C11H21NO. The van der Waals surface area contributed by atoms with Crippen molar-refractivity contribution in [1.29, 1.82) is 0 Å². The first-order chi connectivity index (χ1) is 6.36. The van der Waals surface area contributed by atoms with Crippen LogP contribution in [0.25, 0.3) is 0 Å². The molecule has 0 spiro atoms. The fourth-order valence-electron chi connectivity index (χ4n) is 2.62. The van der Waals surface area contributed by atoms with Crippen molar-refractivity contribution >= 4 is 0 Å². The fourth-order valence-corrected chi connectivity index (χ4v) is 2.62. The second kappa shape index (κ2) is 4.43. The molecule has 0 radical (unpaired) electrons. The molecule has 2 nitrogen and oxygen atoms in total. The van der Waals surface area contributed by atoms with Crippen LogP contribution in [0, 0.1) is 0 Å². The van der Waals surface area contributed by atoms with Crippen molar-refractivity contribution in [2.75, 3.05) is 19.7 Å². The van der Waals surface area contributed by atoms with Gasteiger partial charge in [-0.05, 0) is 19.8 Å². The van der Waals surface area contributed by atoms with E-state index in [-0.39, 0.29) is 0 Å². The van der Waals surface area contributed by atoms with Gasteiger partial charge < -0.3 is 4.74 Å². The zero-order chi connectivity index (χ0) is 9.10. The Bertz CT molecular complexity index is 154. The van der Waals surface area contributed by atoms with Gasteiger partial charge in [0.2, 0.25) is 0 Å². The van der Waals surface area contributed by atoms with E-state index in [2.05, 4.69) is 11.8 Å². The molecule has 2 heteroatoms. The average Bonchev–Trinajstić information content (AvgIpc) is 2.19. The molecule has 0 amide bonds. The lowest BCUT2D eigenvalue weighted by molar-refractivity contribution is -0.0392. The van der Waals surface area contributed by atoms with Gasteiger partial charge in [0.25, 0.3) is 0 Å². The molecule has 2 rings (SSSR count). The summed E-state index contributed by atoms with van der Waals surface area (Å²) in [5.74, 6) is 0. The van der Waals surface area contributed by atoms with E-state index in [0.717, 1.165) is 25.7 Å². The molecule has 0 unspecified atom stereocenters. The molecule has 76 valence electrons. The van der Waals surface area contributed by atoms with Crippen LogP contribution in [0.1, 0.15) is 39.0 Å². The Balaban J connectivity index is 1.83. The Morgan fingerprint density at radius 2 is 1.92 bits per heavy atom. The van der Waals surface area contributed by atoms with E-state index in [1.54, 1.807) is 0 Å². The third-order valence-electron chi connectivity index (χ3n) is 3.36. The summed E-state index contributed by atoms with van der Waals surface area (Å²) in [4.78, 5) is 2.65. The van der Waals surface area contributed by atoms with Crippen LogP contribution in [-0.4, -0.2) is 36.7 Å². The fraction of sp³-hybridized carbons (Fsp3) is 1.00. The first kappa shape index (κ1) is 9.47. The molecular weight excluding hydrogens is 162 g/mol. The van der Waals surface area contributed by atoms with E-state index >= 15 is 0 Å². The van der Waals surface area contributed by atoms with E-state index in [1.807, 2.05) is 0 Å². The van der Waals surface area contributed by atoms with Gasteiger partial charge in [-0.1, -0.05) is 19.3 Å². The quantitative estimate of drug-likeness (QED) is 0.617. The molecule has 1 heterocycles. The highest BCUT2D eigenvalue weighted by molar-refractivity contribution is 4.79.